The molecule has 2 heterocycles. The number of aryl methyl sites for hydroxylation is 1. The van der Waals surface area contributed by atoms with Crippen LogP contribution in [-0.4, -0.2) is 34.9 Å². The summed E-state index contributed by atoms with van der Waals surface area (Å²) in [6.07, 6.45) is 1.36. The van der Waals surface area contributed by atoms with Crippen LogP contribution >= 0.6 is 0 Å². The zero-order chi connectivity index (χ0) is 11.5. The fourth-order valence-electron chi connectivity index (χ4n) is 1.72. The third kappa shape index (κ3) is 2.23. The Morgan fingerprint density at radius 3 is 3.06 bits per heavy atom. The Balaban J connectivity index is 2.23. The van der Waals surface area contributed by atoms with E-state index in [1.807, 2.05) is 0 Å². The number of aromatic nitrogens is 2. The highest BCUT2D eigenvalue weighted by Gasteiger charge is 2.16. The van der Waals surface area contributed by atoms with E-state index in [0.29, 0.717) is 19.7 Å². The first-order valence-corrected chi connectivity index (χ1v) is 5.27. The first-order chi connectivity index (χ1) is 7.68. The minimum Gasteiger partial charge on any atom is -0.374 e. The highest BCUT2D eigenvalue weighted by molar-refractivity contribution is 4.86. The maximum Gasteiger partial charge on any atom is 0.330 e. The summed E-state index contributed by atoms with van der Waals surface area (Å²) in [5, 5.41) is 3.16. The van der Waals surface area contributed by atoms with Gasteiger partial charge >= 0.3 is 5.69 Å². The van der Waals surface area contributed by atoms with Crippen molar-refractivity contribution in [1.82, 2.24) is 14.5 Å². The molecule has 1 atom stereocenters. The molecule has 1 fully saturated rings. The van der Waals surface area contributed by atoms with Gasteiger partial charge in [0.2, 0.25) is 0 Å². The van der Waals surface area contributed by atoms with Crippen LogP contribution in [0.3, 0.4) is 0 Å². The third-order valence-corrected chi connectivity index (χ3v) is 2.63. The standard InChI is InChI=1S/C10H15N3O3/c1-12-4-2-9(14)13(10(12)15)7-8-6-11-3-5-16-8/h2,4,8,11H,3,5-7H2,1H3. The molecule has 1 aromatic rings. The number of morpholine rings is 1. The van der Waals surface area contributed by atoms with Gasteiger partial charge < -0.3 is 14.6 Å². The van der Waals surface area contributed by atoms with Crippen molar-refractivity contribution in [3.63, 3.8) is 0 Å². The molecule has 1 N–H and O–H groups in total. The van der Waals surface area contributed by atoms with Crippen LogP contribution in [0.2, 0.25) is 0 Å². The van der Waals surface area contributed by atoms with Crippen LogP contribution in [0.1, 0.15) is 0 Å². The number of nitrogens with one attached hydrogen (secondary N) is 1. The second kappa shape index (κ2) is 4.63. The Morgan fingerprint density at radius 2 is 2.38 bits per heavy atom. The molecule has 6 heteroatoms. The van der Waals surface area contributed by atoms with Crippen LogP contribution in [0.4, 0.5) is 0 Å². The summed E-state index contributed by atoms with van der Waals surface area (Å²) in [4.78, 5) is 23.3. The fraction of sp³-hybridized carbons (Fsp3) is 0.600. The second-order valence-electron chi connectivity index (χ2n) is 3.85. The van der Waals surface area contributed by atoms with Crippen molar-refractivity contribution < 1.29 is 4.74 Å². The lowest BCUT2D eigenvalue weighted by atomic mass is 10.3. The molecule has 1 aromatic heterocycles. The van der Waals surface area contributed by atoms with Crippen molar-refractivity contribution in [3.8, 4) is 0 Å². The minimum atomic E-state index is -0.304. The second-order valence-corrected chi connectivity index (χ2v) is 3.85. The van der Waals surface area contributed by atoms with E-state index in [-0.39, 0.29) is 17.4 Å². The van der Waals surface area contributed by atoms with Crippen molar-refractivity contribution in [2.75, 3.05) is 19.7 Å². The van der Waals surface area contributed by atoms with Gasteiger partial charge in [-0.3, -0.25) is 9.36 Å². The summed E-state index contributed by atoms with van der Waals surface area (Å²) in [6.45, 7) is 2.41. The molecule has 0 radical (unpaired) electrons. The van der Waals surface area contributed by atoms with E-state index in [4.69, 9.17) is 4.74 Å². The molecule has 0 saturated carbocycles. The van der Waals surface area contributed by atoms with Gasteiger partial charge in [0.1, 0.15) is 0 Å². The number of hydrogen-bond acceptors (Lipinski definition) is 4. The third-order valence-electron chi connectivity index (χ3n) is 2.63. The lowest BCUT2D eigenvalue weighted by Gasteiger charge is -2.23. The normalized spacial score (nSPS) is 20.9. The highest BCUT2D eigenvalue weighted by Crippen LogP contribution is 1.96. The molecule has 0 aromatic carbocycles. The summed E-state index contributed by atoms with van der Waals surface area (Å²) in [5.41, 5.74) is -0.584. The quantitative estimate of drug-likeness (QED) is 0.668. The Bertz CT molecular complexity index is 471. The summed E-state index contributed by atoms with van der Waals surface area (Å²) < 4.78 is 8.05. The monoisotopic (exact) mass is 225 g/mol. The highest BCUT2D eigenvalue weighted by atomic mass is 16.5. The molecular formula is C10H15N3O3. The van der Waals surface area contributed by atoms with Gasteiger partial charge in [0.15, 0.2) is 0 Å². The fourth-order valence-corrected chi connectivity index (χ4v) is 1.72. The van der Waals surface area contributed by atoms with Gasteiger partial charge in [-0.05, 0) is 0 Å². The van der Waals surface area contributed by atoms with Gasteiger partial charge in [-0.1, -0.05) is 0 Å². The Labute approximate surface area is 92.5 Å². The van der Waals surface area contributed by atoms with Gasteiger partial charge in [-0.15, -0.1) is 0 Å². The lowest BCUT2D eigenvalue weighted by molar-refractivity contribution is 0.0167. The molecule has 88 valence electrons. The molecule has 16 heavy (non-hydrogen) atoms. The van der Waals surface area contributed by atoms with E-state index in [1.54, 1.807) is 7.05 Å². The molecule has 6 nitrogen and oxygen atoms in total. The van der Waals surface area contributed by atoms with Crippen LogP contribution in [-0.2, 0) is 18.3 Å². The van der Waals surface area contributed by atoms with Crippen LogP contribution in [0, 0.1) is 0 Å². The van der Waals surface area contributed by atoms with E-state index >= 15 is 0 Å². The average Bonchev–Trinajstić information content (AvgIpc) is 2.31. The van der Waals surface area contributed by atoms with E-state index < -0.39 is 0 Å². The van der Waals surface area contributed by atoms with Crippen molar-refractivity contribution in [2.45, 2.75) is 12.6 Å². The van der Waals surface area contributed by atoms with E-state index in [9.17, 15) is 9.59 Å². The van der Waals surface area contributed by atoms with Gasteiger partial charge in [-0.2, -0.15) is 0 Å². The first-order valence-electron chi connectivity index (χ1n) is 5.27. The molecule has 1 saturated heterocycles. The van der Waals surface area contributed by atoms with Crippen molar-refractivity contribution in [2.24, 2.45) is 7.05 Å². The number of hydrogen-bond donors (Lipinski definition) is 1. The van der Waals surface area contributed by atoms with Gasteiger partial charge in [-0.25, -0.2) is 4.79 Å². The number of ether oxygens (including phenoxy) is 1. The summed E-state index contributed by atoms with van der Waals surface area (Å²) in [6, 6.07) is 1.39. The smallest absolute Gasteiger partial charge is 0.330 e. The van der Waals surface area contributed by atoms with E-state index in [2.05, 4.69) is 5.32 Å². The summed E-state index contributed by atoms with van der Waals surface area (Å²) in [5.74, 6) is 0. The summed E-state index contributed by atoms with van der Waals surface area (Å²) >= 11 is 0. The number of nitrogens with zero attached hydrogens (tertiary/aromatic N) is 2. The Kier molecular flexibility index (Phi) is 3.21. The number of rotatable bonds is 2. The first kappa shape index (κ1) is 11.1. The van der Waals surface area contributed by atoms with Crippen molar-refractivity contribution in [1.29, 1.82) is 0 Å². The van der Waals surface area contributed by atoms with Crippen LogP contribution in [0.5, 0.6) is 0 Å². The van der Waals surface area contributed by atoms with Gasteiger partial charge in [0.05, 0.1) is 19.3 Å². The minimum absolute atomic E-state index is 0.110. The molecular weight excluding hydrogens is 210 g/mol. The van der Waals surface area contributed by atoms with Crippen LogP contribution in [0.15, 0.2) is 21.9 Å². The largest absolute Gasteiger partial charge is 0.374 e. The molecule has 1 aliphatic heterocycles. The predicted octanol–water partition coefficient (Wildman–Crippen LogP) is -1.46. The van der Waals surface area contributed by atoms with Crippen molar-refractivity contribution >= 4 is 0 Å². The topological polar surface area (TPSA) is 65.3 Å². The summed E-state index contributed by atoms with van der Waals surface area (Å²) in [7, 11) is 1.62. The maximum absolute atomic E-state index is 11.7. The molecule has 0 bridgehead atoms. The molecule has 1 aliphatic rings. The predicted molar refractivity (Wildman–Crippen MR) is 58.6 cm³/mol. The van der Waals surface area contributed by atoms with Crippen molar-refractivity contribution in [3.05, 3.63) is 33.1 Å². The zero-order valence-electron chi connectivity index (χ0n) is 9.18. The average molecular weight is 225 g/mol. The molecule has 0 amide bonds. The van der Waals surface area contributed by atoms with E-state index in [0.717, 1.165) is 6.54 Å². The zero-order valence-corrected chi connectivity index (χ0v) is 9.18. The van der Waals surface area contributed by atoms with Gasteiger partial charge in [0, 0.05) is 32.4 Å². The van der Waals surface area contributed by atoms with E-state index in [1.165, 1.54) is 21.4 Å². The Morgan fingerprint density at radius 1 is 1.56 bits per heavy atom. The lowest BCUT2D eigenvalue weighted by Crippen LogP contribution is -2.46. The molecule has 0 spiro atoms. The van der Waals surface area contributed by atoms with Crippen LogP contribution in [0.25, 0.3) is 0 Å². The van der Waals surface area contributed by atoms with Crippen LogP contribution < -0.4 is 16.6 Å². The van der Waals surface area contributed by atoms with Gasteiger partial charge in [0.25, 0.3) is 5.56 Å². The SMILES string of the molecule is Cn1ccc(=O)n(CC2CNCCO2)c1=O. The maximum atomic E-state index is 11.7. The molecule has 2 rings (SSSR count). The Hall–Kier alpha value is -1.40. The molecule has 1 unspecified atom stereocenters. The molecule has 0 aliphatic carbocycles.